The Kier molecular flexibility index (Phi) is 17.6. The van der Waals surface area contributed by atoms with Crippen LogP contribution in [0, 0.1) is 17.8 Å². The Hall–Kier alpha value is -3.91. The fraction of sp³-hybridized carbons (Fsp3) is 0.806. The number of alkyl carbamates (subject to hydrolysis) is 1. The predicted octanol–water partition coefficient (Wildman–Crippen LogP) is 2.85. The molecule has 0 saturated heterocycles. The van der Waals surface area contributed by atoms with Crippen molar-refractivity contribution in [1.82, 2.24) is 31.9 Å². The molecule has 0 aliphatic heterocycles. The molecule has 15 heteroatoms. The summed E-state index contributed by atoms with van der Waals surface area (Å²) in [6, 6.07) is -3.12. The largest absolute Gasteiger partial charge is 0.467 e. The fourth-order valence-corrected chi connectivity index (χ4v) is 4.84. The van der Waals surface area contributed by atoms with Crippen LogP contribution in [0.25, 0.3) is 0 Å². The van der Waals surface area contributed by atoms with E-state index in [0.29, 0.717) is 0 Å². The second-order valence-electron chi connectivity index (χ2n) is 17.0. The summed E-state index contributed by atoms with van der Waals surface area (Å²) in [4.78, 5) is 91.9. The number of amides is 6. The van der Waals surface area contributed by atoms with Crippen molar-refractivity contribution in [1.29, 1.82) is 0 Å². The number of carbonyl (C=O) groups is 7. The van der Waals surface area contributed by atoms with Gasteiger partial charge in [-0.05, 0) is 99.3 Å². The van der Waals surface area contributed by atoms with Gasteiger partial charge in [-0.3, -0.25) is 24.0 Å². The van der Waals surface area contributed by atoms with E-state index in [2.05, 4.69) is 31.9 Å². The van der Waals surface area contributed by atoms with E-state index >= 15 is 0 Å². The molecule has 0 rings (SSSR count). The van der Waals surface area contributed by atoms with E-state index in [1.54, 1.807) is 20.8 Å². The molecule has 0 heterocycles. The number of methoxy groups -OCH3 is 1. The molecule has 0 unspecified atom stereocenters. The van der Waals surface area contributed by atoms with Crippen LogP contribution in [0.2, 0.25) is 0 Å². The Morgan fingerprint density at radius 3 is 1.06 bits per heavy atom. The number of ether oxygens (including phenoxy) is 2. The van der Waals surface area contributed by atoms with E-state index in [0.717, 1.165) is 0 Å². The van der Waals surface area contributed by atoms with E-state index in [1.807, 2.05) is 41.5 Å². The molecule has 51 heavy (non-hydrogen) atoms. The highest BCUT2D eigenvalue weighted by Gasteiger charge is 2.40. The molecule has 15 nitrogen and oxygen atoms in total. The van der Waals surface area contributed by atoms with E-state index in [9.17, 15) is 33.6 Å². The lowest BCUT2D eigenvalue weighted by molar-refractivity contribution is -0.149. The second-order valence-corrected chi connectivity index (χ2v) is 17.0. The summed E-state index contributed by atoms with van der Waals surface area (Å²) in [7, 11) is 1.21. The molecule has 0 aromatic rings. The molecular formula is C36H66N6O9. The number of hydrogen-bond donors (Lipinski definition) is 6. The summed E-state index contributed by atoms with van der Waals surface area (Å²) in [5.41, 5.74) is -5.18. The third kappa shape index (κ3) is 17.2. The number of rotatable bonds is 18. The first-order chi connectivity index (χ1) is 22.9. The van der Waals surface area contributed by atoms with Crippen molar-refractivity contribution >= 4 is 41.6 Å². The first kappa shape index (κ1) is 47.1. The summed E-state index contributed by atoms with van der Waals surface area (Å²) in [6.45, 7) is 25.2. The molecule has 6 N–H and O–H groups in total. The number of carbonyl (C=O) groups excluding carboxylic acids is 7. The quantitative estimate of drug-likeness (QED) is 0.115. The molecule has 0 aromatic carbocycles. The minimum atomic E-state index is -1.54. The molecular weight excluding hydrogens is 660 g/mol. The average Bonchev–Trinajstić information content (AvgIpc) is 2.92. The molecule has 0 aliphatic carbocycles. The highest BCUT2D eigenvalue weighted by atomic mass is 16.6. The van der Waals surface area contributed by atoms with Gasteiger partial charge in [0.25, 0.3) is 0 Å². The minimum Gasteiger partial charge on any atom is -0.467 e. The first-order valence-corrected chi connectivity index (χ1v) is 17.6. The van der Waals surface area contributed by atoms with Crippen LogP contribution in [0.3, 0.4) is 0 Å². The van der Waals surface area contributed by atoms with Gasteiger partial charge in [0.05, 0.1) is 7.11 Å². The van der Waals surface area contributed by atoms with Gasteiger partial charge < -0.3 is 41.4 Å². The zero-order valence-electron chi connectivity index (χ0n) is 33.8. The van der Waals surface area contributed by atoms with Crippen molar-refractivity contribution in [2.75, 3.05) is 7.11 Å². The van der Waals surface area contributed by atoms with Gasteiger partial charge in [-0.2, -0.15) is 0 Å². The predicted molar refractivity (Wildman–Crippen MR) is 194 cm³/mol. The van der Waals surface area contributed by atoms with Gasteiger partial charge in [0.2, 0.25) is 29.5 Å². The van der Waals surface area contributed by atoms with Crippen LogP contribution in [0.5, 0.6) is 0 Å². The summed E-state index contributed by atoms with van der Waals surface area (Å²) >= 11 is 0. The lowest BCUT2D eigenvalue weighted by atomic mass is 9.96. The highest BCUT2D eigenvalue weighted by Crippen LogP contribution is 2.15. The third-order valence-corrected chi connectivity index (χ3v) is 7.51. The number of esters is 1. The van der Waals surface area contributed by atoms with E-state index in [-0.39, 0.29) is 37.0 Å². The van der Waals surface area contributed by atoms with Gasteiger partial charge in [0.1, 0.15) is 40.3 Å². The average molecular weight is 727 g/mol. The maximum Gasteiger partial charge on any atom is 0.408 e. The summed E-state index contributed by atoms with van der Waals surface area (Å²) in [5, 5.41) is 16.0. The normalized spacial score (nSPS) is 14.2. The molecule has 0 saturated carbocycles. The standard InChI is InChI=1S/C36H66N6O9/c1-20(2)17-23(37-30(47)35(12,13)41-28(45)25(19-22(5)6)39-32(49)51-33(7,8)9)26(43)40-34(10,11)29(46)38-24(18-21(3)4)27(44)42-36(14,15)31(48)50-16/h20-25H,17-19H2,1-16H3,(H,37,47)(H,38,46)(H,39,49)(H,40,43)(H,41,45)(H,42,44)/t23-,24-,25-/m0/s1. The van der Waals surface area contributed by atoms with Crippen molar-refractivity contribution in [3.8, 4) is 0 Å². The SMILES string of the molecule is COC(=O)C(C)(C)NC(=O)[C@H](CC(C)C)NC(=O)C(C)(C)NC(=O)[C@H](CC(C)C)NC(=O)C(C)(C)NC(=O)[C@H](CC(C)C)NC(=O)OC(C)(C)C. The van der Waals surface area contributed by atoms with Crippen molar-refractivity contribution in [2.24, 2.45) is 17.8 Å². The van der Waals surface area contributed by atoms with Gasteiger partial charge >= 0.3 is 12.1 Å². The Balaban J connectivity index is 5.97. The van der Waals surface area contributed by atoms with Crippen molar-refractivity contribution in [3.05, 3.63) is 0 Å². The third-order valence-electron chi connectivity index (χ3n) is 7.51. The Bertz CT molecular complexity index is 1250. The zero-order chi connectivity index (χ0) is 40.3. The van der Waals surface area contributed by atoms with Crippen molar-refractivity contribution in [2.45, 2.75) is 163 Å². The zero-order valence-corrected chi connectivity index (χ0v) is 33.8. The molecule has 0 bridgehead atoms. The molecule has 0 aromatic heterocycles. The topological polar surface area (TPSA) is 210 Å². The molecule has 0 aliphatic rings. The Labute approximate surface area is 304 Å². The van der Waals surface area contributed by atoms with Crippen molar-refractivity contribution < 1.29 is 43.0 Å². The number of nitrogens with one attached hydrogen (secondary N) is 6. The van der Waals surface area contributed by atoms with E-state index in [1.165, 1.54) is 48.7 Å². The van der Waals surface area contributed by atoms with E-state index in [4.69, 9.17) is 9.47 Å². The van der Waals surface area contributed by atoms with Crippen LogP contribution >= 0.6 is 0 Å². The smallest absolute Gasteiger partial charge is 0.408 e. The molecule has 3 atom stereocenters. The maximum absolute atomic E-state index is 13.7. The molecule has 0 spiro atoms. The monoisotopic (exact) mass is 726 g/mol. The van der Waals surface area contributed by atoms with Crippen LogP contribution in [0.1, 0.15) is 123 Å². The minimum absolute atomic E-state index is 0.0109. The maximum atomic E-state index is 13.7. The lowest BCUT2D eigenvalue weighted by Crippen LogP contribution is -2.65. The molecule has 0 radical (unpaired) electrons. The Morgan fingerprint density at radius 2 is 0.784 bits per heavy atom. The van der Waals surface area contributed by atoms with Crippen LogP contribution in [0.15, 0.2) is 0 Å². The van der Waals surface area contributed by atoms with Gasteiger partial charge in [0, 0.05) is 0 Å². The highest BCUT2D eigenvalue weighted by molar-refractivity contribution is 5.99. The second kappa shape index (κ2) is 19.1. The van der Waals surface area contributed by atoms with Gasteiger partial charge in [-0.1, -0.05) is 41.5 Å². The summed E-state index contributed by atoms with van der Waals surface area (Å²) in [6.07, 6.45) is -0.0406. The van der Waals surface area contributed by atoms with E-state index < -0.39 is 81.9 Å². The van der Waals surface area contributed by atoms with Crippen molar-refractivity contribution in [3.63, 3.8) is 0 Å². The molecule has 294 valence electrons. The van der Waals surface area contributed by atoms with Gasteiger partial charge in [-0.25, -0.2) is 9.59 Å². The first-order valence-electron chi connectivity index (χ1n) is 17.6. The van der Waals surface area contributed by atoms with Crippen LogP contribution in [-0.2, 0) is 38.2 Å². The van der Waals surface area contributed by atoms with Gasteiger partial charge in [0.15, 0.2) is 0 Å². The lowest BCUT2D eigenvalue weighted by Gasteiger charge is -2.33. The van der Waals surface area contributed by atoms with Gasteiger partial charge in [-0.15, -0.1) is 0 Å². The summed E-state index contributed by atoms with van der Waals surface area (Å²) < 4.78 is 10.1. The van der Waals surface area contributed by atoms with Crippen LogP contribution in [-0.4, -0.2) is 89.1 Å². The Morgan fingerprint density at radius 1 is 0.490 bits per heavy atom. The molecule has 6 amide bonds. The number of hydrogen-bond acceptors (Lipinski definition) is 9. The molecule has 0 fully saturated rings. The summed E-state index contributed by atoms with van der Waals surface area (Å²) in [5.74, 6) is -3.89. The fourth-order valence-electron chi connectivity index (χ4n) is 4.84. The van der Waals surface area contributed by atoms with Crippen LogP contribution < -0.4 is 31.9 Å². The van der Waals surface area contributed by atoms with Crippen LogP contribution in [0.4, 0.5) is 4.79 Å².